The number of amides is 4. The molecular formula is C16H18ClN3O5. The summed E-state index contributed by atoms with van der Waals surface area (Å²) in [4.78, 5) is 47.5. The maximum absolute atomic E-state index is 12.0. The first kappa shape index (κ1) is 18.7. The number of rotatable bonds is 7. The fourth-order valence-corrected chi connectivity index (χ4v) is 2.28. The van der Waals surface area contributed by atoms with E-state index in [2.05, 4.69) is 10.6 Å². The molecule has 0 spiro atoms. The Hall–Kier alpha value is -2.61. The van der Waals surface area contributed by atoms with Crippen molar-refractivity contribution in [2.45, 2.75) is 25.9 Å². The minimum atomic E-state index is -0.972. The third kappa shape index (κ3) is 5.46. The first-order chi connectivity index (χ1) is 11.9. The van der Waals surface area contributed by atoms with Crippen molar-refractivity contribution in [2.75, 3.05) is 18.4 Å². The molecule has 9 heteroatoms. The number of anilines is 1. The quantitative estimate of drug-likeness (QED) is 0.562. The second kappa shape index (κ2) is 8.48. The lowest BCUT2D eigenvalue weighted by Crippen LogP contribution is -2.33. The Morgan fingerprint density at radius 2 is 2.00 bits per heavy atom. The van der Waals surface area contributed by atoms with Gasteiger partial charge in [-0.1, -0.05) is 11.6 Å². The van der Waals surface area contributed by atoms with Crippen LogP contribution in [0.3, 0.4) is 0 Å². The number of esters is 1. The molecule has 0 saturated carbocycles. The highest BCUT2D eigenvalue weighted by Gasteiger charge is 2.28. The number of hydrogen-bond acceptors (Lipinski definition) is 5. The van der Waals surface area contributed by atoms with Crippen molar-refractivity contribution in [2.24, 2.45) is 0 Å². The first-order valence-corrected chi connectivity index (χ1v) is 8.08. The predicted molar refractivity (Wildman–Crippen MR) is 90.0 cm³/mol. The van der Waals surface area contributed by atoms with Crippen LogP contribution in [-0.2, 0) is 19.1 Å². The second-order valence-corrected chi connectivity index (χ2v) is 5.87. The summed E-state index contributed by atoms with van der Waals surface area (Å²) in [6.07, 6.45) is -0.709. The third-order valence-electron chi connectivity index (χ3n) is 3.49. The molecule has 1 heterocycles. The highest BCUT2D eigenvalue weighted by atomic mass is 35.5. The Bertz CT molecular complexity index is 661. The highest BCUT2D eigenvalue weighted by molar-refractivity contribution is 6.30. The summed E-state index contributed by atoms with van der Waals surface area (Å²) in [5.74, 6) is -1.37. The summed E-state index contributed by atoms with van der Waals surface area (Å²) in [5, 5.41) is 5.54. The minimum absolute atomic E-state index is 0.00434. The molecule has 0 radical (unpaired) electrons. The zero-order chi connectivity index (χ0) is 18.4. The Kier molecular flexibility index (Phi) is 6.35. The van der Waals surface area contributed by atoms with E-state index in [0.29, 0.717) is 10.7 Å². The maximum Gasteiger partial charge on any atom is 0.324 e. The molecule has 1 saturated heterocycles. The molecule has 134 valence electrons. The summed E-state index contributed by atoms with van der Waals surface area (Å²) in [5.41, 5.74) is 0.538. The highest BCUT2D eigenvalue weighted by Crippen LogP contribution is 2.14. The van der Waals surface area contributed by atoms with Gasteiger partial charge in [0.05, 0.1) is 6.54 Å². The van der Waals surface area contributed by atoms with Gasteiger partial charge in [0, 0.05) is 23.7 Å². The van der Waals surface area contributed by atoms with Crippen molar-refractivity contribution in [3.63, 3.8) is 0 Å². The van der Waals surface area contributed by atoms with Crippen LogP contribution < -0.4 is 10.6 Å². The fourth-order valence-electron chi connectivity index (χ4n) is 2.15. The zero-order valence-corrected chi connectivity index (χ0v) is 14.3. The van der Waals surface area contributed by atoms with Crippen LogP contribution in [0.5, 0.6) is 0 Å². The molecule has 1 aromatic rings. The molecule has 4 amide bonds. The van der Waals surface area contributed by atoms with Gasteiger partial charge in [-0.25, -0.2) is 4.79 Å². The van der Waals surface area contributed by atoms with Gasteiger partial charge >= 0.3 is 12.0 Å². The van der Waals surface area contributed by atoms with E-state index < -0.39 is 24.0 Å². The Morgan fingerprint density at radius 1 is 1.32 bits per heavy atom. The lowest BCUT2D eigenvalue weighted by molar-refractivity contribution is -0.153. The summed E-state index contributed by atoms with van der Waals surface area (Å²) >= 11 is 5.76. The molecule has 1 aromatic carbocycles. The molecule has 0 aromatic heterocycles. The van der Waals surface area contributed by atoms with Crippen molar-refractivity contribution < 1.29 is 23.9 Å². The summed E-state index contributed by atoms with van der Waals surface area (Å²) in [7, 11) is 0. The third-order valence-corrected chi connectivity index (χ3v) is 3.74. The summed E-state index contributed by atoms with van der Waals surface area (Å²) in [6, 6.07) is 6.06. The van der Waals surface area contributed by atoms with Crippen molar-refractivity contribution in [3.8, 4) is 0 Å². The van der Waals surface area contributed by atoms with Gasteiger partial charge in [0.1, 0.15) is 0 Å². The van der Waals surface area contributed by atoms with E-state index >= 15 is 0 Å². The number of benzene rings is 1. The molecule has 0 bridgehead atoms. The van der Waals surface area contributed by atoms with Crippen LogP contribution in [-0.4, -0.2) is 47.9 Å². The van der Waals surface area contributed by atoms with E-state index in [4.69, 9.17) is 16.3 Å². The predicted octanol–water partition coefficient (Wildman–Crippen LogP) is 1.54. The van der Waals surface area contributed by atoms with Gasteiger partial charge in [-0.3, -0.25) is 19.3 Å². The number of carbonyl (C=O) groups excluding carboxylic acids is 4. The van der Waals surface area contributed by atoms with Crippen molar-refractivity contribution >= 4 is 41.1 Å². The monoisotopic (exact) mass is 367 g/mol. The largest absolute Gasteiger partial charge is 0.453 e. The molecule has 1 aliphatic heterocycles. The molecule has 1 fully saturated rings. The van der Waals surface area contributed by atoms with Crippen molar-refractivity contribution in [1.82, 2.24) is 10.2 Å². The minimum Gasteiger partial charge on any atom is -0.453 e. The molecule has 8 nitrogen and oxygen atoms in total. The molecule has 2 N–H and O–H groups in total. The molecule has 2 rings (SSSR count). The number of hydrogen-bond donors (Lipinski definition) is 2. The van der Waals surface area contributed by atoms with Crippen LogP contribution in [0, 0.1) is 0 Å². The number of halogens is 1. The number of nitrogens with one attached hydrogen (secondary N) is 2. The topological polar surface area (TPSA) is 105 Å². The average Bonchev–Trinajstić information content (AvgIpc) is 2.88. The fraction of sp³-hybridized carbons (Fsp3) is 0.375. The van der Waals surface area contributed by atoms with Crippen molar-refractivity contribution in [1.29, 1.82) is 0 Å². The molecule has 1 aliphatic rings. The van der Waals surface area contributed by atoms with Crippen molar-refractivity contribution in [3.05, 3.63) is 29.3 Å². The van der Waals surface area contributed by atoms with E-state index in [1.807, 2.05) is 0 Å². The Morgan fingerprint density at radius 3 is 2.60 bits per heavy atom. The van der Waals surface area contributed by atoms with E-state index in [0.717, 1.165) is 4.90 Å². The maximum atomic E-state index is 12.0. The summed E-state index contributed by atoms with van der Waals surface area (Å²) in [6.45, 7) is 1.57. The average molecular weight is 368 g/mol. The van der Waals surface area contributed by atoms with Crippen LogP contribution in [0.15, 0.2) is 24.3 Å². The van der Waals surface area contributed by atoms with Crippen LogP contribution in [0.1, 0.15) is 19.8 Å². The standard InChI is InChI=1S/C16H18ClN3O5/c1-10(15(23)19-12-6-4-11(17)5-7-12)25-14(22)3-2-8-20-13(21)9-18-16(20)24/h4-7,10H,2-3,8-9H2,1H3,(H,18,24)(H,19,23)/t10-/m1/s1. The van der Waals surface area contributed by atoms with Gasteiger partial charge in [-0.05, 0) is 37.6 Å². The van der Waals surface area contributed by atoms with Gasteiger partial charge in [-0.2, -0.15) is 0 Å². The number of ether oxygens (including phenoxy) is 1. The first-order valence-electron chi connectivity index (χ1n) is 7.71. The van der Waals surface area contributed by atoms with E-state index in [1.165, 1.54) is 6.92 Å². The van der Waals surface area contributed by atoms with Crippen LogP contribution in [0.25, 0.3) is 0 Å². The normalized spacial score (nSPS) is 14.9. The SMILES string of the molecule is C[C@@H](OC(=O)CCCN1C(=O)CNC1=O)C(=O)Nc1ccc(Cl)cc1. The Balaban J connectivity index is 1.71. The van der Waals surface area contributed by atoms with Gasteiger partial charge in [0.15, 0.2) is 6.10 Å². The van der Waals surface area contributed by atoms with Gasteiger partial charge in [0.2, 0.25) is 5.91 Å². The lowest BCUT2D eigenvalue weighted by Gasteiger charge is -2.15. The molecule has 25 heavy (non-hydrogen) atoms. The molecular weight excluding hydrogens is 350 g/mol. The Labute approximate surface area is 149 Å². The zero-order valence-electron chi connectivity index (χ0n) is 13.6. The number of nitrogens with zero attached hydrogens (tertiary/aromatic N) is 1. The second-order valence-electron chi connectivity index (χ2n) is 5.44. The molecule has 0 aliphatic carbocycles. The van der Waals surface area contributed by atoms with Crippen LogP contribution >= 0.6 is 11.6 Å². The number of urea groups is 1. The van der Waals surface area contributed by atoms with Crippen LogP contribution in [0.2, 0.25) is 5.02 Å². The van der Waals surface area contributed by atoms with E-state index in [1.54, 1.807) is 24.3 Å². The number of imide groups is 1. The lowest BCUT2D eigenvalue weighted by atomic mass is 10.2. The summed E-state index contributed by atoms with van der Waals surface area (Å²) < 4.78 is 5.05. The van der Waals surface area contributed by atoms with E-state index in [9.17, 15) is 19.2 Å². The number of carbonyl (C=O) groups is 4. The molecule has 1 atom stereocenters. The van der Waals surface area contributed by atoms with Gasteiger partial charge < -0.3 is 15.4 Å². The van der Waals surface area contributed by atoms with Gasteiger partial charge in [-0.15, -0.1) is 0 Å². The van der Waals surface area contributed by atoms with Gasteiger partial charge in [0.25, 0.3) is 5.91 Å². The molecule has 0 unspecified atom stereocenters. The smallest absolute Gasteiger partial charge is 0.324 e. The van der Waals surface area contributed by atoms with Crippen LogP contribution in [0.4, 0.5) is 10.5 Å². The van der Waals surface area contributed by atoms with E-state index in [-0.39, 0.29) is 31.8 Å².